The summed E-state index contributed by atoms with van der Waals surface area (Å²) in [5.74, 6) is -0.0305. The van der Waals surface area contributed by atoms with Crippen molar-refractivity contribution in [2.24, 2.45) is 5.73 Å². The molecule has 2 aromatic carbocycles. The first kappa shape index (κ1) is 25.6. The molecule has 4 aromatic rings. The maximum atomic E-state index is 13.9. The number of nitrogens with two attached hydrogens (primary N) is 1. The number of amides is 3. The third-order valence-corrected chi connectivity index (χ3v) is 5.49. The van der Waals surface area contributed by atoms with Crippen molar-refractivity contribution in [3.63, 3.8) is 0 Å². The highest BCUT2D eigenvalue weighted by atomic mass is 35.5. The van der Waals surface area contributed by atoms with Crippen LogP contribution >= 0.6 is 11.6 Å². The molecular formula is C26H24ClFN6O3. The van der Waals surface area contributed by atoms with E-state index in [2.05, 4.69) is 20.7 Å². The van der Waals surface area contributed by atoms with Gasteiger partial charge in [-0.1, -0.05) is 38.4 Å². The first-order valence-electron chi connectivity index (χ1n) is 11.2. The molecule has 0 saturated heterocycles. The van der Waals surface area contributed by atoms with Crippen LogP contribution in [0.4, 0.5) is 20.7 Å². The van der Waals surface area contributed by atoms with Crippen molar-refractivity contribution in [1.29, 1.82) is 0 Å². The van der Waals surface area contributed by atoms with E-state index in [1.165, 1.54) is 35.1 Å². The Kier molecular flexibility index (Phi) is 7.12. The Morgan fingerprint density at radius 3 is 2.46 bits per heavy atom. The number of hydrogen-bond donors (Lipinski definition) is 3. The molecular weight excluding hydrogens is 499 g/mol. The van der Waals surface area contributed by atoms with Gasteiger partial charge in [-0.05, 0) is 36.4 Å². The largest absolute Gasteiger partial charge is 0.457 e. The number of carbonyl (C=O) groups is 2. The van der Waals surface area contributed by atoms with Crippen LogP contribution in [-0.2, 0) is 5.41 Å². The van der Waals surface area contributed by atoms with Crippen LogP contribution in [0.3, 0.4) is 0 Å². The van der Waals surface area contributed by atoms with E-state index in [0.29, 0.717) is 34.4 Å². The fraction of sp³-hybridized carbons (Fsp3) is 0.154. The van der Waals surface area contributed by atoms with Gasteiger partial charge in [0.05, 0.1) is 22.1 Å². The van der Waals surface area contributed by atoms with Gasteiger partial charge >= 0.3 is 6.03 Å². The number of ether oxygens (including phenoxy) is 1. The lowest BCUT2D eigenvalue weighted by molar-refractivity contribution is 0.0995. The van der Waals surface area contributed by atoms with E-state index >= 15 is 0 Å². The number of carbonyl (C=O) groups excluding carboxylic acids is 2. The fourth-order valence-corrected chi connectivity index (χ4v) is 3.54. The molecule has 3 amide bonds. The second kappa shape index (κ2) is 10.3. The Bertz CT molecular complexity index is 1480. The number of nitrogens with zero attached hydrogens (tertiary/aromatic N) is 3. The molecule has 0 radical (unpaired) electrons. The summed E-state index contributed by atoms with van der Waals surface area (Å²) < 4.78 is 21.0. The van der Waals surface area contributed by atoms with Crippen LogP contribution in [0, 0.1) is 5.82 Å². The van der Waals surface area contributed by atoms with E-state index < -0.39 is 17.8 Å². The molecule has 37 heavy (non-hydrogen) atoms. The van der Waals surface area contributed by atoms with Gasteiger partial charge in [0.1, 0.15) is 28.8 Å². The fourth-order valence-electron chi connectivity index (χ4n) is 3.32. The number of benzene rings is 2. The molecule has 2 aromatic heterocycles. The number of aromatic nitrogens is 3. The van der Waals surface area contributed by atoms with Crippen LogP contribution in [0.2, 0.25) is 5.02 Å². The quantitative estimate of drug-likeness (QED) is 0.291. The molecule has 4 N–H and O–H groups in total. The molecule has 0 atom stereocenters. The molecule has 9 nitrogen and oxygen atoms in total. The van der Waals surface area contributed by atoms with E-state index in [1.807, 2.05) is 20.8 Å². The minimum Gasteiger partial charge on any atom is -0.457 e. The zero-order valence-electron chi connectivity index (χ0n) is 20.3. The highest BCUT2D eigenvalue weighted by Crippen LogP contribution is 2.31. The Morgan fingerprint density at radius 2 is 1.78 bits per heavy atom. The molecule has 0 fully saturated rings. The summed E-state index contributed by atoms with van der Waals surface area (Å²) in [6.07, 6.45) is 1.40. The van der Waals surface area contributed by atoms with Crippen LogP contribution in [0.15, 0.2) is 66.9 Å². The van der Waals surface area contributed by atoms with Crippen LogP contribution in [0.5, 0.6) is 11.5 Å². The molecule has 4 rings (SSSR count). The SMILES string of the molecule is CC(C)(C)c1cc(NC(=O)Nc2ccc(Oc3ccnc(C(N)=O)c3)cc2Cl)n(-c2cccc(F)c2)n1. The van der Waals surface area contributed by atoms with E-state index in [9.17, 15) is 14.0 Å². The first-order valence-corrected chi connectivity index (χ1v) is 11.5. The van der Waals surface area contributed by atoms with Crippen molar-refractivity contribution in [1.82, 2.24) is 14.8 Å². The summed E-state index contributed by atoms with van der Waals surface area (Å²) in [5.41, 5.74) is 6.49. The van der Waals surface area contributed by atoms with E-state index in [4.69, 9.17) is 22.1 Å². The summed E-state index contributed by atoms with van der Waals surface area (Å²) in [5, 5.41) is 10.2. The average Bonchev–Trinajstić information content (AvgIpc) is 3.25. The first-order chi connectivity index (χ1) is 17.5. The maximum Gasteiger partial charge on any atom is 0.324 e. The molecule has 0 saturated carbocycles. The van der Waals surface area contributed by atoms with Gasteiger partial charge in [0.2, 0.25) is 0 Å². The smallest absolute Gasteiger partial charge is 0.324 e. The molecule has 11 heteroatoms. The highest BCUT2D eigenvalue weighted by molar-refractivity contribution is 6.34. The summed E-state index contributed by atoms with van der Waals surface area (Å²) in [7, 11) is 0. The van der Waals surface area contributed by atoms with Crippen molar-refractivity contribution >= 4 is 35.0 Å². The highest BCUT2D eigenvalue weighted by Gasteiger charge is 2.22. The number of nitrogens with one attached hydrogen (secondary N) is 2. The molecule has 0 aliphatic rings. The zero-order chi connectivity index (χ0) is 26.7. The summed E-state index contributed by atoms with van der Waals surface area (Å²) in [4.78, 5) is 28.0. The number of pyridine rings is 1. The molecule has 0 aliphatic carbocycles. The van der Waals surface area contributed by atoms with Gasteiger partial charge in [0.25, 0.3) is 5.91 Å². The van der Waals surface area contributed by atoms with Gasteiger partial charge in [0.15, 0.2) is 0 Å². The standard InChI is InChI=1S/C26H24ClFN6O3/c1-26(2,3)22-14-23(34(33-22)16-6-4-5-15(28)11-16)32-25(36)31-20-8-7-17(12-19(20)27)37-18-9-10-30-21(13-18)24(29)35/h4-14H,1-3H3,(H2,29,35)(H2,31,32,36). The van der Waals surface area contributed by atoms with Crippen molar-refractivity contribution in [3.8, 4) is 17.2 Å². The van der Waals surface area contributed by atoms with Crippen molar-refractivity contribution in [3.05, 3.63) is 89.1 Å². The minimum absolute atomic E-state index is 0.0608. The molecule has 0 spiro atoms. The second-order valence-corrected chi connectivity index (χ2v) is 9.53. The summed E-state index contributed by atoms with van der Waals surface area (Å²) >= 11 is 6.36. The lowest BCUT2D eigenvalue weighted by atomic mass is 9.92. The lowest BCUT2D eigenvalue weighted by Crippen LogP contribution is -2.21. The Morgan fingerprint density at radius 1 is 1.03 bits per heavy atom. The maximum absolute atomic E-state index is 13.9. The van der Waals surface area contributed by atoms with E-state index in [-0.39, 0.29) is 16.1 Å². The van der Waals surface area contributed by atoms with E-state index in [1.54, 1.807) is 36.4 Å². The van der Waals surface area contributed by atoms with Crippen LogP contribution < -0.4 is 21.1 Å². The molecule has 2 heterocycles. The second-order valence-electron chi connectivity index (χ2n) is 9.12. The van der Waals surface area contributed by atoms with Gasteiger partial charge in [-0.15, -0.1) is 0 Å². The number of anilines is 2. The number of urea groups is 1. The predicted molar refractivity (Wildman–Crippen MR) is 139 cm³/mol. The Labute approximate surface area is 217 Å². The van der Waals surface area contributed by atoms with Crippen LogP contribution in [0.1, 0.15) is 37.0 Å². The number of hydrogen-bond acceptors (Lipinski definition) is 5. The third kappa shape index (κ3) is 6.22. The molecule has 0 unspecified atom stereocenters. The molecule has 190 valence electrons. The molecule has 0 bridgehead atoms. The molecule has 0 aliphatic heterocycles. The van der Waals surface area contributed by atoms with Crippen molar-refractivity contribution < 1.29 is 18.7 Å². The lowest BCUT2D eigenvalue weighted by Gasteiger charge is -2.14. The van der Waals surface area contributed by atoms with Gasteiger partial charge in [-0.3, -0.25) is 15.1 Å². The zero-order valence-corrected chi connectivity index (χ0v) is 21.0. The number of primary amides is 1. The topological polar surface area (TPSA) is 124 Å². The third-order valence-electron chi connectivity index (χ3n) is 5.18. The number of halogens is 2. The van der Waals surface area contributed by atoms with Gasteiger partial charge in [0, 0.05) is 29.8 Å². The average molecular weight is 523 g/mol. The van der Waals surface area contributed by atoms with Crippen LogP contribution in [0.25, 0.3) is 5.69 Å². The van der Waals surface area contributed by atoms with Crippen molar-refractivity contribution in [2.45, 2.75) is 26.2 Å². The van der Waals surface area contributed by atoms with Crippen molar-refractivity contribution in [2.75, 3.05) is 10.6 Å². The van der Waals surface area contributed by atoms with E-state index in [0.717, 1.165) is 0 Å². The Hall–Kier alpha value is -4.44. The Balaban J connectivity index is 1.51. The summed E-state index contributed by atoms with van der Waals surface area (Å²) in [6.45, 7) is 5.96. The number of rotatable bonds is 6. The van der Waals surface area contributed by atoms with Gasteiger partial charge in [-0.2, -0.15) is 5.10 Å². The van der Waals surface area contributed by atoms with Gasteiger partial charge in [-0.25, -0.2) is 13.9 Å². The summed E-state index contributed by atoms with van der Waals surface area (Å²) in [6, 6.07) is 14.7. The minimum atomic E-state index is -0.678. The normalized spacial score (nSPS) is 11.2. The van der Waals surface area contributed by atoms with Gasteiger partial charge < -0.3 is 15.8 Å². The predicted octanol–water partition coefficient (Wildman–Crippen LogP) is 5.89. The monoisotopic (exact) mass is 522 g/mol. The van der Waals surface area contributed by atoms with Crippen LogP contribution in [-0.4, -0.2) is 26.7 Å².